The van der Waals surface area contributed by atoms with Gasteiger partial charge in [-0.25, -0.2) is 0 Å². The highest BCUT2D eigenvalue weighted by molar-refractivity contribution is 6.36. The third-order valence-corrected chi connectivity index (χ3v) is 9.99. The van der Waals surface area contributed by atoms with E-state index in [0.717, 1.165) is 73.1 Å². The molecular weight excluding hydrogens is 347 g/mol. The van der Waals surface area contributed by atoms with E-state index in [1.165, 1.54) is 77.0 Å². The molecule has 3 nitrogen and oxygen atoms in total. The Kier molecular flexibility index (Phi) is 5.27. The zero-order chi connectivity index (χ0) is 18.5. The Bertz CT molecular complexity index is 480. The minimum atomic E-state index is -0.405. The van der Waals surface area contributed by atoms with Gasteiger partial charge in [0.05, 0.1) is 0 Å². The van der Waals surface area contributed by atoms with Crippen LogP contribution in [0.1, 0.15) is 77.0 Å². The molecule has 0 aromatic heterocycles. The summed E-state index contributed by atoms with van der Waals surface area (Å²) in [7, 11) is -0.405. The topological polar surface area (TPSA) is 27.7 Å². The summed E-state index contributed by atoms with van der Waals surface area (Å²) in [4.78, 5) is 0. The summed E-state index contributed by atoms with van der Waals surface area (Å²) in [5, 5.41) is 0. The van der Waals surface area contributed by atoms with Crippen molar-refractivity contribution in [2.45, 2.75) is 77.0 Å². The Hall–Kier alpha value is -0.0551. The second kappa shape index (κ2) is 7.89. The third-order valence-electron chi connectivity index (χ3n) is 9.99. The highest BCUT2D eigenvalue weighted by atomic mass is 16.7. The van der Waals surface area contributed by atoms with Crippen LogP contribution in [-0.2, 0) is 14.0 Å². The van der Waals surface area contributed by atoms with E-state index in [1.807, 2.05) is 0 Å². The molecule has 0 heterocycles. The fourth-order valence-corrected chi connectivity index (χ4v) is 8.49. The lowest BCUT2D eigenvalue weighted by Crippen LogP contribution is -2.35. The monoisotopic (exact) mass is 386 g/mol. The van der Waals surface area contributed by atoms with E-state index in [9.17, 15) is 0 Å². The van der Waals surface area contributed by atoms with E-state index in [4.69, 9.17) is 14.0 Å². The van der Waals surface area contributed by atoms with Gasteiger partial charge < -0.3 is 14.0 Å². The summed E-state index contributed by atoms with van der Waals surface area (Å²) in [5.41, 5.74) is 0. The van der Waals surface area contributed by atoms with Crippen LogP contribution in [0.5, 0.6) is 0 Å². The highest BCUT2D eigenvalue weighted by Crippen LogP contribution is 2.50. The van der Waals surface area contributed by atoms with Crippen molar-refractivity contribution in [1.82, 2.24) is 0 Å². The largest absolute Gasteiger partial charge is 0.639 e. The number of fused-ring (bicyclic) bond motifs is 6. The molecule has 6 rings (SSSR count). The third kappa shape index (κ3) is 3.71. The van der Waals surface area contributed by atoms with Crippen LogP contribution in [0.3, 0.4) is 0 Å². The van der Waals surface area contributed by atoms with Gasteiger partial charge in [0.25, 0.3) is 0 Å². The molecule has 0 aliphatic heterocycles. The normalized spacial score (nSPS) is 48.2. The van der Waals surface area contributed by atoms with Gasteiger partial charge in [-0.05, 0) is 111 Å². The molecule has 6 bridgehead atoms. The summed E-state index contributed by atoms with van der Waals surface area (Å²) >= 11 is 0. The van der Waals surface area contributed by atoms with Crippen molar-refractivity contribution in [3.63, 3.8) is 0 Å². The first-order valence-electron chi connectivity index (χ1n) is 12.6. The van der Waals surface area contributed by atoms with Crippen LogP contribution in [0, 0.1) is 53.3 Å². The van der Waals surface area contributed by atoms with Crippen molar-refractivity contribution in [1.29, 1.82) is 0 Å². The summed E-state index contributed by atoms with van der Waals surface area (Å²) in [5.74, 6) is 8.01. The molecule has 9 unspecified atom stereocenters. The van der Waals surface area contributed by atoms with Crippen molar-refractivity contribution in [2.24, 2.45) is 53.3 Å². The lowest BCUT2D eigenvalue weighted by Gasteiger charge is -2.27. The molecule has 0 saturated heterocycles. The average molecular weight is 386 g/mol. The van der Waals surface area contributed by atoms with Gasteiger partial charge in [-0.2, -0.15) is 0 Å². The van der Waals surface area contributed by atoms with E-state index in [1.54, 1.807) is 0 Å². The fourth-order valence-electron chi connectivity index (χ4n) is 8.49. The lowest BCUT2D eigenvalue weighted by atomic mass is 9.88. The standard InChI is InChI=1S/C24H39BO3/c1-4-19-7-16(1)10-22(19)13-26-25(27-14-23-11-17-2-5-20(23)8-17)28-15-24-12-18-3-6-21(24)9-18/h16-24H,1-15H2. The first kappa shape index (κ1) is 18.7. The molecular formula is C24H39BO3. The van der Waals surface area contributed by atoms with Crippen LogP contribution < -0.4 is 0 Å². The van der Waals surface area contributed by atoms with Crippen LogP contribution in [0.2, 0.25) is 0 Å². The van der Waals surface area contributed by atoms with Crippen molar-refractivity contribution in [2.75, 3.05) is 19.8 Å². The maximum Gasteiger partial charge on any atom is 0.639 e. The van der Waals surface area contributed by atoms with Gasteiger partial charge in [0, 0.05) is 19.8 Å². The zero-order valence-electron chi connectivity index (χ0n) is 17.6. The number of rotatable bonds is 9. The molecule has 0 aromatic rings. The van der Waals surface area contributed by atoms with E-state index < -0.39 is 7.32 Å². The minimum Gasteiger partial charge on any atom is -0.386 e. The predicted octanol–water partition coefficient (Wildman–Crippen LogP) is 5.33. The molecule has 6 aliphatic carbocycles. The van der Waals surface area contributed by atoms with Gasteiger partial charge in [-0.3, -0.25) is 0 Å². The maximum absolute atomic E-state index is 6.31. The highest BCUT2D eigenvalue weighted by Gasteiger charge is 2.43. The van der Waals surface area contributed by atoms with Crippen LogP contribution in [0.15, 0.2) is 0 Å². The molecule has 6 aliphatic rings. The van der Waals surface area contributed by atoms with Crippen molar-refractivity contribution in [3.05, 3.63) is 0 Å². The molecule has 0 N–H and O–H groups in total. The van der Waals surface area contributed by atoms with E-state index in [2.05, 4.69) is 0 Å². The van der Waals surface area contributed by atoms with Gasteiger partial charge in [0.1, 0.15) is 0 Å². The number of hydrogen-bond donors (Lipinski definition) is 0. The first-order chi connectivity index (χ1) is 13.8. The molecule has 0 amide bonds. The van der Waals surface area contributed by atoms with E-state index in [-0.39, 0.29) is 0 Å². The molecule has 4 heteroatoms. The SMILES string of the molecule is C1CC2CC1CC2COB(OCC1CC2CCC1C2)OCC1CC2CCC1C2. The molecule has 0 radical (unpaired) electrons. The van der Waals surface area contributed by atoms with Gasteiger partial charge >= 0.3 is 7.32 Å². The van der Waals surface area contributed by atoms with Gasteiger partial charge in [-0.15, -0.1) is 0 Å². The van der Waals surface area contributed by atoms with Crippen LogP contribution in [0.25, 0.3) is 0 Å². The molecule has 156 valence electrons. The Morgan fingerprint density at radius 1 is 0.464 bits per heavy atom. The molecule has 28 heavy (non-hydrogen) atoms. The maximum atomic E-state index is 6.31. The fraction of sp³-hybridized carbons (Fsp3) is 1.00. The predicted molar refractivity (Wildman–Crippen MR) is 110 cm³/mol. The summed E-state index contributed by atoms with van der Waals surface area (Å²) in [6.45, 7) is 2.58. The second-order valence-electron chi connectivity index (χ2n) is 11.6. The molecule has 0 aromatic carbocycles. The van der Waals surface area contributed by atoms with Gasteiger partial charge in [0.15, 0.2) is 0 Å². The smallest absolute Gasteiger partial charge is 0.386 e. The molecule has 6 fully saturated rings. The van der Waals surface area contributed by atoms with Crippen LogP contribution >= 0.6 is 0 Å². The van der Waals surface area contributed by atoms with Gasteiger partial charge in [0.2, 0.25) is 0 Å². The van der Waals surface area contributed by atoms with E-state index in [0.29, 0.717) is 0 Å². The Balaban J connectivity index is 1.01. The summed E-state index contributed by atoms with van der Waals surface area (Å²) in [6.07, 6.45) is 17.2. The Morgan fingerprint density at radius 2 is 0.821 bits per heavy atom. The molecule has 6 saturated carbocycles. The first-order valence-corrected chi connectivity index (χ1v) is 12.6. The van der Waals surface area contributed by atoms with Crippen molar-refractivity contribution >= 4 is 7.32 Å². The second-order valence-corrected chi connectivity index (χ2v) is 11.6. The van der Waals surface area contributed by atoms with Crippen LogP contribution in [0.4, 0.5) is 0 Å². The van der Waals surface area contributed by atoms with E-state index >= 15 is 0 Å². The molecule has 9 atom stereocenters. The Morgan fingerprint density at radius 3 is 1.07 bits per heavy atom. The summed E-state index contributed by atoms with van der Waals surface area (Å²) < 4.78 is 18.9. The Labute approximate surface area is 171 Å². The van der Waals surface area contributed by atoms with Crippen molar-refractivity contribution in [3.8, 4) is 0 Å². The summed E-state index contributed by atoms with van der Waals surface area (Å²) in [6, 6.07) is 0. The lowest BCUT2D eigenvalue weighted by molar-refractivity contribution is 0.0400. The average Bonchev–Trinajstić information content (AvgIpc) is 3.54. The van der Waals surface area contributed by atoms with Crippen molar-refractivity contribution < 1.29 is 14.0 Å². The van der Waals surface area contributed by atoms with Crippen LogP contribution in [-0.4, -0.2) is 27.1 Å². The number of hydrogen-bond acceptors (Lipinski definition) is 3. The molecule has 0 spiro atoms. The minimum absolute atomic E-state index is 0.405. The quantitative estimate of drug-likeness (QED) is 0.502. The zero-order valence-corrected chi connectivity index (χ0v) is 17.6. The van der Waals surface area contributed by atoms with Gasteiger partial charge in [-0.1, -0.05) is 19.3 Å².